The maximum Gasteiger partial charge on any atom is 0.310 e. The summed E-state index contributed by atoms with van der Waals surface area (Å²) in [5, 5.41) is 0.821. The number of ether oxygens (including phenoxy) is 1. The molecule has 1 aromatic carbocycles. The van der Waals surface area contributed by atoms with E-state index in [4.69, 9.17) is 14.7 Å². The van der Waals surface area contributed by atoms with Crippen LogP contribution in [0.5, 0.6) is 5.75 Å². The summed E-state index contributed by atoms with van der Waals surface area (Å²) in [5.74, 6) is 1.28. The van der Waals surface area contributed by atoms with Crippen molar-refractivity contribution < 1.29 is 9.53 Å². The molecule has 164 valence electrons. The number of esters is 1. The molecule has 3 heterocycles. The van der Waals surface area contributed by atoms with Gasteiger partial charge in [-0.25, -0.2) is 9.97 Å². The predicted molar refractivity (Wildman–Crippen MR) is 125 cm³/mol. The summed E-state index contributed by atoms with van der Waals surface area (Å²) in [4.78, 5) is 22.1. The number of rotatable bonds is 10. The van der Waals surface area contributed by atoms with Crippen molar-refractivity contribution in [2.75, 3.05) is 0 Å². The predicted octanol–water partition coefficient (Wildman–Crippen LogP) is 6.08. The number of carbonyl (C=O) groups is 1. The zero-order valence-corrected chi connectivity index (χ0v) is 18.9. The third kappa shape index (κ3) is 4.16. The molecule has 4 rings (SSSR count). The van der Waals surface area contributed by atoms with Crippen LogP contribution in [-0.4, -0.2) is 24.9 Å². The van der Waals surface area contributed by atoms with E-state index in [1.807, 2.05) is 31.3 Å². The molecule has 0 spiro atoms. The van der Waals surface area contributed by atoms with Crippen LogP contribution >= 0.6 is 0 Å². The minimum absolute atomic E-state index is 0.243. The third-order valence-electron chi connectivity index (χ3n) is 5.87. The average Bonchev–Trinajstić information content (AvgIpc) is 3.33. The standard InChI is InChI=1S/C25H32N4O2/c1-4-7-8-9-10-13-16-28-17-20(31-22(30)6-3)23-24(28)27-21(5-2)29-19-15-12-11-14-18(19)26-25(23)29/h11-12,14-15,17H,4-10,13,16H2,1-3H3. The van der Waals surface area contributed by atoms with Crippen LogP contribution in [0.1, 0.15) is 71.5 Å². The van der Waals surface area contributed by atoms with Gasteiger partial charge in [-0.05, 0) is 18.6 Å². The summed E-state index contributed by atoms with van der Waals surface area (Å²) >= 11 is 0. The van der Waals surface area contributed by atoms with Gasteiger partial charge in [0.05, 0.1) is 11.0 Å². The van der Waals surface area contributed by atoms with Crippen molar-refractivity contribution in [1.29, 1.82) is 0 Å². The second kappa shape index (κ2) is 9.50. The van der Waals surface area contributed by atoms with E-state index >= 15 is 0 Å². The molecule has 0 N–H and O–H groups in total. The first-order valence-corrected chi connectivity index (χ1v) is 11.7. The number of hydrogen-bond donors (Lipinski definition) is 0. The lowest BCUT2D eigenvalue weighted by molar-refractivity contribution is -0.133. The van der Waals surface area contributed by atoms with E-state index in [0.717, 1.165) is 52.9 Å². The van der Waals surface area contributed by atoms with Gasteiger partial charge in [-0.3, -0.25) is 9.20 Å². The Hall–Kier alpha value is -2.89. The van der Waals surface area contributed by atoms with Crippen LogP contribution in [0.2, 0.25) is 0 Å². The number of benzene rings is 1. The van der Waals surface area contributed by atoms with Crippen molar-refractivity contribution in [2.45, 2.75) is 78.7 Å². The smallest absolute Gasteiger partial charge is 0.310 e. The largest absolute Gasteiger partial charge is 0.424 e. The summed E-state index contributed by atoms with van der Waals surface area (Å²) in [6, 6.07) is 8.08. The Morgan fingerprint density at radius 3 is 2.52 bits per heavy atom. The van der Waals surface area contributed by atoms with Crippen LogP contribution in [0.3, 0.4) is 0 Å². The summed E-state index contributed by atoms with van der Waals surface area (Å²) < 4.78 is 9.99. The van der Waals surface area contributed by atoms with Crippen molar-refractivity contribution in [2.24, 2.45) is 0 Å². The maximum absolute atomic E-state index is 12.1. The first-order valence-electron chi connectivity index (χ1n) is 11.7. The topological polar surface area (TPSA) is 61.4 Å². The Kier molecular flexibility index (Phi) is 6.54. The molecular weight excluding hydrogens is 388 g/mol. The molecule has 31 heavy (non-hydrogen) atoms. The highest BCUT2D eigenvalue weighted by molar-refractivity contribution is 6.00. The Morgan fingerprint density at radius 1 is 0.968 bits per heavy atom. The van der Waals surface area contributed by atoms with Gasteiger partial charge in [0.15, 0.2) is 11.4 Å². The van der Waals surface area contributed by atoms with Crippen molar-refractivity contribution in [3.8, 4) is 5.75 Å². The number of aromatic nitrogens is 4. The van der Waals surface area contributed by atoms with Crippen LogP contribution in [0.15, 0.2) is 30.5 Å². The molecule has 0 saturated heterocycles. The maximum atomic E-state index is 12.1. The van der Waals surface area contributed by atoms with Gasteiger partial charge in [-0.2, -0.15) is 0 Å². The number of unbranched alkanes of at least 4 members (excludes halogenated alkanes) is 5. The Morgan fingerprint density at radius 2 is 1.74 bits per heavy atom. The van der Waals surface area contributed by atoms with Gasteiger partial charge >= 0.3 is 5.97 Å². The number of para-hydroxylation sites is 2. The summed E-state index contributed by atoms with van der Waals surface area (Å²) in [7, 11) is 0. The second-order valence-electron chi connectivity index (χ2n) is 8.12. The molecular formula is C25H32N4O2. The van der Waals surface area contributed by atoms with Crippen molar-refractivity contribution in [3.63, 3.8) is 0 Å². The highest BCUT2D eigenvalue weighted by Gasteiger charge is 2.21. The quantitative estimate of drug-likeness (QED) is 0.231. The van der Waals surface area contributed by atoms with Gasteiger partial charge in [0.1, 0.15) is 16.9 Å². The molecule has 3 aromatic heterocycles. The van der Waals surface area contributed by atoms with Gasteiger partial charge < -0.3 is 9.30 Å². The van der Waals surface area contributed by atoms with Gasteiger partial charge in [0.25, 0.3) is 0 Å². The van der Waals surface area contributed by atoms with Crippen molar-refractivity contribution in [1.82, 2.24) is 18.9 Å². The molecule has 6 heteroatoms. The lowest BCUT2D eigenvalue weighted by atomic mass is 10.1. The molecule has 0 radical (unpaired) electrons. The normalized spacial score (nSPS) is 11.7. The molecule has 6 nitrogen and oxygen atoms in total. The number of imidazole rings is 1. The van der Waals surface area contributed by atoms with Gasteiger partial charge in [0.2, 0.25) is 0 Å². The van der Waals surface area contributed by atoms with Crippen LogP contribution in [0.4, 0.5) is 0 Å². The lowest BCUT2D eigenvalue weighted by Gasteiger charge is -2.08. The summed E-state index contributed by atoms with van der Waals surface area (Å²) in [5.41, 5.74) is 3.61. The van der Waals surface area contributed by atoms with Crippen LogP contribution in [0.25, 0.3) is 27.7 Å². The summed E-state index contributed by atoms with van der Waals surface area (Å²) in [6.45, 7) is 7.02. The highest BCUT2D eigenvalue weighted by Crippen LogP contribution is 2.34. The fraction of sp³-hybridized carbons (Fsp3) is 0.480. The molecule has 0 saturated carbocycles. The Balaban J connectivity index is 1.81. The Labute approximate surface area is 183 Å². The van der Waals surface area contributed by atoms with Gasteiger partial charge in [0, 0.05) is 25.6 Å². The molecule has 0 aliphatic heterocycles. The zero-order valence-electron chi connectivity index (χ0n) is 18.9. The van der Waals surface area contributed by atoms with Gasteiger partial charge in [-0.1, -0.05) is 65.0 Å². The second-order valence-corrected chi connectivity index (χ2v) is 8.12. The molecule has 0 bridgehead atoms. The molecule has 0 aliphatic carbocycles. The molecule has 0 fully saturated rings. The van der Waals surface area contributed by atoms with E-state index in [0.29, 0.717) is 12.2 Å². The monoisotopic (exact) mass is 420 g/mol. The minimum atomic E-state index is -0.243. The zero-order chi connectivity index (χ0) is 21.8. The molecule has 0 aliphatic rings. The minimum Gasteiger partial charge on any atom is -0.424 e. The van der Waals surface area contributed by atoms with E-state index in [1.165, 1.54) is 32.1 Å². The van der Waals surface area contributed by atoms with Crippen LogP contribution < -0.4 is 4.74 Å². The van der Waals surface area contributed by atoms with Crippen molar-refractivity contribution >= 4 is 33.7 Å². The number of fused-ring (bicyclic) bond motifs is 5. The van der Waals surface area contributed by atoms with E-state index < -0.39 is 0 Å². The van der Waals surface area contributed by atoms with E-state index in [1.54, 1.807) is 0 Å². The molecule has 0 unspecified atom stereocenters. The number of nitrogens with zero attached hydrogens (tertiary/aromatic N) is 4. The molecule has 0 amide bonds. The average molecular weight is 421 g/mol. The SMILES string of the molecule is CCCCCCCCn1cc(OC(=O)CC)c2c1nc(CC)n1c3ccccc3nc21. The lowest BCUT2D eigenvalue weighted by Crippen LogP contribution is -2.06. The van der Waals surface area contributed by atoms with E-state index in [2.05, 4.69) is 28.9 Å². The fourth-order valence-electron chi connectivity index (χ4n) is 4.22. The fourth-order valence-corrected chi connectivity index (χ4v) is 4.22. The first kappa shape index (κ1) is 21.3. The van der Waals surface area contributed by atoms with Crippen LogP contribution in [-0.2, 0) is 17.8 Å². The summed E-state index contributed by atoms with van der Waals surface area (Å²) in [6.07, 6.45) is 10.4. The Bertz CT molecular complexity index is 1200. The number of carbonyl (C=O) groups excluding carboxylic acids is 1. The van der Waals surface area contributed by atoms with E-state index in [9.17, 15) is 4.79 Å². The highest BCUT2D eigenvalue weighted by atomic mass is 16.5. The number of aryl methyl sites for hydroxylation is 2. The number of hydrogen-bond acceptors (Lipinski definition) is 4. The van der Waals surface area contributed by atoms with Crippen LogP contribution in [0, 0.1) is 0 Å². The van der Waals surface area contributed by atoms with Crippen molar-refractivity contribution in [3.05, 3.63) is 36.3 Å². The van der Waals surface area contributed by atoms with E-state index in [-0.39, 0.29) is 5.97 Å². The molecule has 4 aromatic rings. The third-order valence-corrected chi connectivity index (χ3v) is 5.87. The van der Waals surface area contributed by atoms with Gasteiger partial charge in [-0.15, -0.1) is 0 Å². The first-order chi connectivity index (χ1) is 15.2. The molecule has 0 atom stereocenters.